The van der Waals surface area contributed by atoms with Crippen molar-refractivity contribution in [2.75, 3.05) is 32.4 Å². The smallest absolute Gasteiger partial charge is 0.225 e. The van der Waals surface area contributed by atoms with E-state index in [-0.39, 0.29) is 17.7 Å². The van der Waals surface area contributed by atoms with Gasteiger partial charge in [0.25, 0.3) is 0 Å². The number of aromatic nitrogens is 3. The Balaban J connectivity index is 1.43. The number of piperidine rings is 2. The lowest BCUT2D eigenvalue weighted by molar-refractivity contribution is -0.138. The summed E-state index contributed by atoms with van der Waals surface area (Å²) in [6, 6.07) is 1.88. The van der Waals surface area contributed by atoms with Crippen molar-refractivity contribution < 1.29 is 17.7 Å². The molecule has 2 aromatic heterocycles. The van der Waals surface area contributed by atoms with Gasteiger partial charge in [-0.1, -0.05) is 9.64 Å². The van der Waals surface area contributed by atoms with Gasteiger partial charge in [-0.15, -0.1) is 5.10 Å². The molecule has 11 heteroatoms. The first-order valence-corrected chi connectivity index (χ1v) is 12.4. The van der Waals surface area contributed by atoms with Gasteiger partial charge in [0.15, 0.2) is 5.76 Å². The lowest BCUT2D eigenvalue weighted by Gasteiger charge is -2.37. The molecule has 4 heterocycles. The highest BCUT2D eigenvalue weighted by molar-refractivity contribution is 7.88. The van der Waals surface area contributed by atoms with Crippen molar-refractivity contribution in [2.45, 2.75) is 38.5 Å². The Labute approximate surface area is 174 Å². The maximum Gasteiger partial charge on any atom is 0.225 e. The SMILES string of the molecule is Cc1cc(-c2snnc2[C@@H]2CCCN(C(=O)C3CCN(S(C)(=O)=O)CC3)C2)on1. The van der Waals surface area contributed by atoms with Gasteiger partial charge in [0.1, 0.15) is 4.88 Å². The van der Waals surface area contributed by atoms with Crippen LogP contribution in [-0.4, -0.2) is 70.7 Å². The van der Waals surface area contributed by atoms with Gasteiger partial charge in [0.2, 0.25) is 15.9 Å². The van der Waals surface area contributed by atoms with E-state index < -0.39 is 10.0 Å². The summed E-state index contributed by atoms with van der Waals surface area (Å²) in [5, 5.41) is 8.29. The van der Waals surface area contributed by atoms with Crippen molar-refractivity contribution in [2.24, 2.45) is 5.92 Å². The number of likely N-dealkylation sites (tertiary alicyclic amines) is 1. The fraction of sp³-hybridized carbons (Fsp3) is 0.667. The Morgan fingerprint density at radius 1 is 1.24 bits per heavy atom. The summed E-state index contributed by atoms with van der Waals surface area (Å²) in [5.41, 5.74) is 1.68. The van der Waals surface area contributed by atoms with E-state index in [1.54, 1.807) is 0 Å². The Morgan fingerprint density at radius 3 is 2.66 bits per heavy atom. The fourth-order valence-electron chi connectivity index (χ4n) is 4.20. The number of carbonyl (C=O) groups is 1. The van der Waals surface area contributed by atoms with Crippen LogP contribution in [0, 0.1) is 12.8 Å². The maximum atomic E-state index is 13.1. The summed E-state index contributed by atoms with van der Waals surface area (Å²) in [6.07, 6.45) is 4.23. The maximum absolute atomic E-state index is 13.1. The molecule has 29 heavy (non-hydrogen) atoms. The minimum Gasteiger partial charge on any atom is -0.355 e. The minimum absolute atomic E-state index is 0.114. The van der Waals surface area contributed by atoms with Crippen LogP contribution in [0.2, 0.25) is 0 Å². The summed E-state index contributed by atoms with van der Waals surface area (Å²) in [7, 11) is -3.19. The molecule has 1 atom stereocenters. The molecular weight excluding hydrogens is 414 g/mol. The number of nitrogens with zero attached hydrogens (tertiary/aromatic N) is 5. The van der Waals surface area contributed by atoms with Crippen LogP contribution in [0.4, 0.5) is 0 Å². The number of carbonyl (C=O) groups excluding carboxylic acids is 1. The van der Waals surface area contributed by atoms with Crippen LogP contribution in [0.25, 0.3) is 10.6 Å². The molecule has 2 aliphatic rings. The van der Waals surface area contributed by atoms with Gasteiger partial charge in [-0.05, 0) is 44.1 Å². The Hall–Kier alpha value is -1.85. The number of aryl methyl sites for hydroxylation is 1. The fourth-order valence-corrected chi connectivity index (χ4v) is 5.77. The van der Waals surface area contributed by atoms with Gasteiger partial charge in [-0.2, -0.15) is 0 Å². The molecule has 0 saturated carbocycles. The lowest BCUT2D eigenvalue weighted by Crippen LogP contribution is -2.46. The van der Waals surface area contributed by atoms with Gasteiger partial charge in [0, 0.05) is 44.1 Å². The molecule has 2 aromatic rings. The van der Waals surface area contributed by atoms with Crippen LogP contribution >= 0.6 is 11.5 Å². The summed E-state index contributed by atoms with van der Waals surface area (Å²) < 4.78 is 34.4. The first-order valence-electron chi connectivity index (χ1n) is 9.83. The van der Waals surface area contributed by atoms with Crippen LogP contribution in [0.15, 0.2) is 10.6 Å². The van der Waals surface area contributed by atoms with Crippen molar-refractivity contribution in [3.05, 3.63) is 17.5 Å². The third-order valence-corrected chi connectivity index (χ3v) is 7.82. The molecule has 2 fully saturated rings. The predicted octanol–water partition coefficient (Wildman–Crippen LogP) is 1.88. The molecule has 0 unspecified atom stereocenters. The number of amides is 1. The highest BCUT2D eigenvalue weighted by Crippen LogP contribution is 2.36. The molecule has 0 aliphatic carbocycles. The van der Waals surface area contributed by atoms with Gasteiger partial charge in [0.05, 0.1) is 17.6 Å². The van der Waals surface area contributed by atoms with Crippen molar-refractivity contribution >= 4 is 27.5 Å². The Kier molecular flexibility index (Phi) is 5.71. The zero-order valence-electron chi connectivity index (χ0n) is 16.6. The van der Waals surface area contributed by atoms with Gasteiger partial charge in [-0.25, -0.2) is 12.7 Å². The van der Waals surface area contributed by atoms with E-state index in [4.69, 9.17) is 4.52 Å². The molecule has 9 nitrogen and oxygen atoms in total. The third kappa shape index (κ3) is 4.36. The van der Waals surface area contributed by atoms with Crippen molar-refractivity contribution in [1.82, 2.24) is 23.9 Å². The van der Waals surface area contributed by atoms with E-state index in [1.807, 2.05) is 17.9 Å². The van der Waals surface area contributed by atoms with E-state index in [0.29, 0.717) is 38.2 Å². The van der Waals surface area contributed by atoms with Crippen LogP contribution in [0.3, 0.4) is 0 Å². The van der Waals surface area contributed by atoms with E-state index in [2.05, 4.69) is 14.7 Å². The second-order valence-corrected chi connectivity index (χ2v) is 10.6. The molecule has 0 N–H and O–H groups in total. The number of rotatable bonds is 4. The minimum atomic E-state index is -3.19. The Morgan fingerprint density at radius 2 is 2.00 bits per heavy atom. The van der Waals surface area contributed by atoms with Crippen molar-refractivity contribution in [1.29, 1.82) is 0 Å². The highest BCUT2D eigenvalue weighted by Gasteiger charge is 2.35. The van der Waals surface area contributed by atoms with Crippen molar-refractivity contribution in [3.8, 4) is 10.6 Å². The molecule has 1 amide bonds. The van der Waals surface area contributed by atoms with E-state index >= 15 is 0 Å². The normalized spacial score (nSPS) is 22.1. The average Bonchev–Trinajstić information content (AvgIpc) is 3.36. The predicted molar refractivity (Wildman–Crippen MR) is 108 cm³/mol. The van der Waals surface area contributed by atoms with Crippen LogP contribution in [-0.2, 0) is 14.8 Å². The lowest BCUT2D eigenvalue weighted by atomic mass is 9.91. The molecule has 0 spiro atoms. The molecule has 4 rings (SSSR count). The second kappa shape index (κ2) is 8.11. The van der Waals surface area contributed by atoms with Crippen LogP contribution in [0.1, 0.15) is 43.0 Å². The van der Waals surface area contributed by atoms with Gasteiger partial charge < -0.3 is 9.42 Å². The molecule has 0 radical (unpaired) electrons. The first kappa shape index (κ1) is 20.4. The quantitative estimate of drug-likeness (QED) is 0.715. The summed E-state index contributed by atoms with van der Waals surface area (Å²) in [4.78, 5) is 15.9. The largest absolute Gasteiger partial charge is 0.355 e. The molecular formula is C18H25N5O4S2. The number of hydrogen-bond acceptors (Lipinski definition) is 8. The van der Waals surface area contributed by atoms with Crippen LogP contribution < -0.4 is 0 Å². The first-order chi connectivity index (χ1) is 13.8. The Bertz CT molecular complexity index is 978. The van der Waals surface area contributed by atoms with E-state index in [1.165, 1.54) is 22.1 Å². The second-order valence-electron chi connectivity index (χ2n) is 7.88. The zero-order chi connectivity index (χ0) is 20.6. The molecule has 2 aliphatic heterocycles. The topological polar surface area (TPSA) is 110 Å². The highest BCUT2D eigenvalue weighted by atomic mass is 32.2. The molecule has 0 aromatic carbocycles. The average molecular weight is 440 g/mol. The summed E-state index contributed by atoms with van der Waals surface area (Å²) in [6.45, 7) is 4.04. The van der Waals surface area contributed by atoms with Gasteiger partial charge in [-0.3, -0.25) is 4.79 Å². The zero-order valence-corrected chi connectivity index (χ0v) is 18.2. The van der Waals surface area contributed by atoms with Gasteiger partial charge >= 0.3 is 0 Å². The molecule has 158 valence electrons. The number of sulfonamides is 1. The molecule has 0 bridgehead atoms. The van der Waals surface area contributed by atoms with E-state index in [9.17, 15) is 13.2 Å². The summed E-state index contributed by atoms with van der Waals surface area (Å²) in [5.74, 6) is 0.798. The monoisotopic (exact) mass is 439 g/mol. The van der Waals surface area contributed by atoms with Crippen LogP contribution in [0.5, 0.6) is 0 Å². The van der Waals surface area contributed by atoms with E-state index in [0.717, 1.165) is 35.7 Å². The number of hydrogen-bond donors (Lipinski definition) is 0. The standard InChI is InChI=1S/C18H25N5O4S2/c1-12-10-15(27-20-12)17-16(19-21-28-17)14-4-3-7-22(11-14)18(24)13-5-8-23(9-6-13)29(2,25)26/h10,13-14H,3-9,11H2,1-2H3/t14-/m1/s1. The third-order valence-electron chi connectivity index (χ3n) is 5.76. The van der Waals surface area contributed by atoms with Crippen molar-refractivity contribution in [3.63, 3.8) is 0 Å². The summed E-state index contributed by atoms with van der Waals surface area (Å²) >= 11 is 1.29. The molecule has 2 saturated heterocycles.